The van der Waals surface area contributed by atoms with Crippen molar-refractivity contribution in [3.8, 4) is 0 Å². The second-order valence-corrected chi connectivity index (χ2v) is 3.09. The van der Waals surface area contributed by atoms with Gasteiger partial charge in [-0.25, -0.2) is 0 Å². The molecule has 0 spiro atoms. The smallest absolute Gasteiger partial charge is 0.0508 e. The molecule has 0 unspecified atom stereocenters. The average Bonchev–Trinajstić information content (AvgIpc) is 1.90. The van der Waals surface area contributed by atoms with Crippen LogP contribution in [0.5, 0.6) is 0 Å². The van der Waals surface area contributed by atoms with Crippen LogP contribution in [-0.2, 0) is 15.9 Å². The number of rotatable bonds is 1. The Morgan fingerprint density at radius 2 is 1.78 bits per heavy atom. The van der Waals surface area contributed by atoms with Gasteiger partial charge in [-0.15, -0.1) is 0 Å². The van der Waals surface area contributed by atoms with Crippen molar-refractivity contribution in [2.45, 2.75) is 4.90 Å². The topological polar surface area (TPSA) is 17.1 Å². The van der Waals surface area contributed by atoms with E-state index in [0.29, 0.717) is 11.7 Å². The van der Waals surface area contributed by atoms with Crippen molar-refractivity contribution in [1.29, 1.82) is 0 Å². The molecule has 1 aromatic carbocycles. The van der Waals surface area contributed by atoms with Crippen molar-refractivity contribution in [1.82, 2.24) is 0 Å². The highest BCUT2D eigenvalue weighted by atomic mass is 79.9. The van der Waals surface area contributed by atoms with E-state index in [4.69, 9.17) is 0 Å². The maximum Gasteiger partial charge on any atom is 0.505 e. The molecule has 0 amide bonds. The van der Waals surface area contributed by atoms with Gasteiger partial charge in [0.15, 0.2) is 0 Å². The lowest BCUT2D eigenvalue weighted by Crippen LogP contribution is -1.69. The van der Waals surface area contributed by atoms with Crippen LogP contribution in [0.4, 0.5) is 0 Å². The normalized spacial score (nSPS) is 9.00. The molecular formula is C6H4BrOS+. The van der Waals surface area contributed by atoms with Gasteiger partial charge in [-0.3, -0.25) is 0 Å². The van der Waals surface area contributed by atoms with Gasteiger partial charge >= 0.3 is 11.7 Å². The van der Waals surface area contributed by atoms with Gasteiger partial charge in [-0.05, 0) is 12.1 Å². The minimum Gasteiger partial charge on any atom is -0.0508 e. The zero-order valence-corrected chi connectivity index (χ0v) is 6.91. The maximum atomic E-state index is 10.1. The van der Waals surface area contributed by atoms with Crippen LogP contribution in [-0.4, -0.2) is 0 Å². The summed E-state index contributed by atoms with van der Waals surface area (Å²) in [5.74, 6) is 0. The molecule has 0 atom stereocenters. The summed E-state index contributed by atoms with van der Waals surface area (Å²) in [7, 11) is 0. The van der Waals surface area contributed by atoms with Gasteiger partial charge in [0, 0.05) is 20.8 Å². The molecule has 9 heavy (non-hydrogen) atoms. The van der Waals surface area contributed by atoms with Gasteiger partial charge < -0.3 is 0 Å². The van der Waals surface area contributed by atoms with Crippen molar-refractivity contribution in [2.75, 3.05) is 0 Å². The van der Waals surface area contributed by atoms with Crippen LogP contribution in [0.25, 0.3) is 0 Å². The monoisotopic (exact) mass is 203 g/mol. The molecule has 0 aliphatic carbocycles. The predicted octanol–water partition coefficient (Wildman–Crippen LogP) is 2.24. The lowest BCUT2D eigenvalue weighted by molar-refractivity contribution is 0.605. The minimum atomic E-state index is 0.507. The van der Waals surface area contributed by atoms with Crippen LogP contribution in [0.2, 0.25) is 0 Å². The predicted molar refractivity (Wildman–Crippen MR) is 40.5 cm³/mol. The van der Waals surface area contributed by atoms with Gasteiger partial charge in [0.25, 0.3) is 4.90 Å². The van der Waals surface area contributed by atoms with Gasteiger partial charge in [-0.1, -0.05) is 15.9 Å². The Morgan fingerprint density at radius 3 is 2.22 bits per heavy atom. The molecular weight excluding hydrogens is 200 g/mol. The molecule has 0 bridgehead atoms. The molecule has 0 N–H and O–H groups in total. The van der Waals surface area contributed by atoms with Crippen molar-refractivity contribution in [3.63, 3.8) is 0 Å². The number of halogens is 1. The van der Waals surface area contributed by atoms with E-state index in [9.17, 15) is 4.21 Å². The molecule has 0 heterocycles. The zero-order chi connectivity index (χ0) is 6.69. The first kappa shape index (κ1) is 6.83. The SMILES string of the molecule is O=[S+]c1ccc(Br)cc1. The van der Waals surface area contributed by atoms with Crippen molar-refractivity contribution in [3.05, 3.63) is 28.7 Å². The first-order chi connectivity index (χ1) is 4.33. The Hall–Kier alpha value is -0.280. The molecule has 1 nitrogen and oxygen atoms in total. The van der Waals surface area contributed by atoms with Crippen LogP contribution in [0.1, 0.15) is 0 Å². The van der Waals surface area contributed by atoms with Gasteiger partial charge in [0.2, 0.25) is 0 Å². The fourth-order valence-corrected chi connectivity index (χ4v) is 1.00. The van der Waals surface area contributed by atoms with Crippen LogP contribution < -0.4 is 0 Å². The van der Waals surface area contributed by atoms with E-state index in [0.717, 1.165) is 9.37 Å². The third-order valence-electron chi connectivity index (χ3n) is 0.910. The fraction of sp³-hybridized carbons (Fsp3) is 0. The van der Waals surface area contributed by atoms with E-state index >= 15 is 0 Å². The van der Waals surface area contributed by atoms with E-state index in [1.807, 2.05) is 12.1 Å². The largest absolute Gasteiger partial charge is 0.505 e. The molecule has 0 aromatic heterocycles. The molecule has 1 aromatic rings. The van der Waals surface area contributed by atoms with Gasteiger partial charge in [-0.2, -0.15) is 0 Å². The van der Waals surface area contributed by atoms with Crippen LogP contribution in [0.3, 0.4) is 0 Å². The van der Waals surface area contributed by atoms with Crippen molar-refractivity contribution in [2.24, 2.45) is 0 Å². The highest BCUT2D eigenvalue weighted by molar-refractivity contribution is 9.10. The summed E-state index contributed by atoms with van der Waals surface area (Å²) < 4.78 is 11.1. The summed E-state index contributed by atoms with van der Waals surface area (Å²) in [5.41, 5.74) is 0. The summed E-state index contributed by atoms with van der Waals surface area (Å²) in [6.45, 7) is 0. The Bertz CT molecular complexity index is 207. The molecule has 3 heteroatoms. The Kier molecular flexibility index (Phi) is 2.30. The molecule has 0 aliphatic rings. The van der Waals surface area contributed by atoms with Gasteiger partial charge in [0.1, 0.15) is 0 Å². The third-order valence-corrected chi connectivity index (χ3v) is 1.90. The molecule has 0 fully saturated rings. The van der Waals surface area contributed by atoms with Crippen LogP contribution >= 0.6 is 15.9 Å². The second-order valence-electron chi connectivity index (χ2n) is 1.54. The fourth-order valence-electron chi connectivity index (χ4n) is 0.490. The second kappa shape index (κ2) is 3.03. The first-order valence-corrected chi connectivity index (χ1v) is 3.92. The average molecular weight is 204 g/mol. The van der Waals surface area contributed by atoms with Crippen LogP contribution in [0.15, 0.2) is 33.6 Å². The Morgan fingerprint density at radius 1 is 1.22 bits per heavy atom. The summed E-state index contributed by atoms with van der Waals surface area (Å²) >= 11 is 3.77. The van der Waals surface area contributed by atoms with Crippen molar-refractivity contribution >= 4 is 27.6 Å². The standard InChI is InChI=1S/C6H4BrOS/c7-5-1-3-6(9-8)4-2-5/h1-4H/q+1. The zero-order valence-electron chi connectivity index (χ0n) is 4.50. The molecule has 0 radical (unpaired) electrons. The van der Waals surface area contributed by atoms with E-state index < -0.39 is 0 Å². The van der Waals surface area contributed by atoms with E-state index in [2.05, 4.69) is 15.9 Å². The molecule has 0 saturated carbocycles. The summed E-state index contributed by atoms with van der Waals surface area (Å²) in [5, 5.41) is 0. The number of benzene rings is 1. The summed E-state index contributed by atoms with van der Waals surface area (Å²) in [4.78, 5) is 0.748. The quantitative estimate of drug-likeness (QED) is 0.641. The Labute approximate surface area is 65.7 Å². The summed E-state index contributed by atoms with van der Waals surface area (Å²) in [6.07, 6.45) is 0. The molecule has 0 saturated heterocycles. The highest BCUT2D eigenvalue weighted by Crippen LogP contribution is 2.09. The molecule has 0 aliphatic heterocycles. The number of hydrogen-bond acceptors (Lipinski definition) is 1. The maximum absolute atomic E-state index is 10.1. The van der Waals surface area contributed by atoms with Crippen molar-refractivity contribution < 1.29 is 4.21 Å². The lowest BCUT2D eigenvalue weighted by Gasteiger charge is -1.80. The van der Waals surface area contributed by atoms with Gasteiger partial charge in [0.05, 0.1) is 0 Å². The molecule has 1 rings (SSSR count). The minimum absolute atomic E-state index is 0.507. The molecule has 46 valence electrons. The van der Waals surface area contributed by atoms with E-state index in [1.54, 1.807) is 12.1 Å². The van der Waals surface area contributed by atoms with E-state index in [1.165, 1.54) is 0 Å². The first-order valence-electron chi connectivity index (χ1n) is 2.38. The third kappa shape index (κ3) is 1.84. The number of hydrogen-bond donors (Lipinski definition) is 0. The highest BCUT2D eigenvalue weighted by Gasteiger charge is 2.02. The van der Waals surface area contributed by atoms with E-state index in [-0.39, 0.29) is 0 Å². The summed E-state index contributed by atoms with van der Waals surface area (Å²) in [6, 6.07) is 7.25. The Balaban J connectivity index is 3.01. The lowest BCUT2D eigenvalue weighted by atomic mass is 10.4. The van der Waals surface area contributed by atoms with Crippen LogP contribution in [0, 0.1) is 0 Å².